The van der Waals surface area contributed by atoms with Crippen LogP contribution in [0.1, 0.15) is 5.56 Å². The van der Waals surface area contributed by atoms with Crippen LogP contribution in [0.25, 0.3) is 0 Å². The van der Waals surface area contributed by atoms with Gasteiger partial charge in [-0.3, -0.25) is 4.99 Å². The van der Waals surface area contributed by atoms with E-state index in [1.165, 1.54) is 6.07 Å². The van der Waals surface area contributed by atoms with E-state index in [0.717, 1.165) is 23.5 Å². The Bertz CT molecular complexity index is 565. The number of hydrogen-bond acceptors (Lipinski definition) is 0. The molecule has 0 saturated carbocycles. The van der Waals surface area contributed by atoms with Crippen LogP contribution >= 0.6 is 0 Å². The number of rotatable bonds is 2. The van der Waals surface area contributed by atoms with E-state index in [9.17, 15) is 8.78 Å². The molecular weight excluding hydrogens is 234 g/mol. The smallest absolute Gasteiger partial charge is 0.277 e. The molecule has 2 aromatic rings. The Morgan fingerprint density at radius 3 is 2.33 bits per heavy atom. The summed E-state index contributed by atoms with van der Waals surface area (Å²) in [4.78, 5) is 2.99. The zero-order valence-corrected chi connectivity index (χ0v) is 9.87. The lowest BCUT2D eigenvalue weighted by molar-refractivity contribution is -0.419. The maximum Gasteiger partial charge on any atom is 0.279 e. The minimum atomic E-state index is -0.872. The number of benzene rings is 2. The summed E-state index contributed by atoms with van der Waals surface area (Å²) in [6.07, 6.45) is 0. The maximum atomic E-state index is 13.1. The van der Waals surface area contributed by atoms with Gasteiger partial charge in [-0.1, -0.05) is 18.2 Å². The van der Waals surface area contributed by atoms with E-state index < -0.39 is 11.6 Å². The summed E-state index contributed by atoms with van der Waals surface area (Å²) in [5, 5.41) is 3.01. The van der Waals surface area contributed by atoms with Gasteiger partial charge in [-0.15, -0.1) is 0 Å². The summed E-state index contributed by atoms with van der Waals surface area (Å²) < 4.78 is 25.9. The van der Waals surface area contributed by atoms with Crippen LogP contribution in [0.5, 0.6) is 0 Å². The summed E-state index contributed by atoms with van der Waals surface area (Å²) in [7, 11) is 1.76. The molecule has 0 bridgehead atoms. The standard InChI is InChI=1S/C14H12F2N2/c1-17-14(10-5-3-2-4-6-10)18-11-7-8-12(15)13(16)9-11/h2-9H,1H3,(H,17,18)/p+1. The number of nitrogens with one attached hydrogen (secondary N) is 2. The average molecular weight is 247 g/mol. The number of halogens is 2. The quantitative estimate of drug-likeness (QED) is 0.611. The summed E-state index contributed by atoms with van der Waals surface area (Å²) in [6, 6.07) is 13.2. The van der Waals surface area contributed by atoms with Gasteiger partial charge in [0.05, 0.1) is 12.6 Å². The molecule has 92 valence electrons. The molecule has 0 saturated heterocycles. The molecule has 2 nitrogen and oxygen atoms in total. The first-order valence-electron chi connectivity index (χ1n) is 5.53. The zero-order valence-electron chi connectivity index (χ0n) is 9.87. The van der Waals surface area contributed by atoms with Crippen LogP contribution in [0.15, 0.2) is 48.5 Å². The molecule has 0 fully saturated rings. The number of anilines is 1. The van der Waals surface area contributed by atoms with Crippen molar-refractivity contribution in [2.75, 3.05) is 12.4 Å². The van der Waals surface area contributed by atoms with Gasteiger partial charge in [0.2, 0.25) is 0 Å². The van der Waals surface area contributed by atoms with Gasteiger partial charge in [0.25, 0.3) is 5.84 Å². The molecule has 0 aromatic heterocycles. The molecule has 0 spiro atoms. The molecule has 0 radical (unpaired) electrons. The molecule has 0 aliphatic heterocycles. The molecule has 2 rings (SSSR count). The highest BCUT2D eigenvalue weighted by atomic mass is 19.2. The monoisotopic (exact) mass is 247 g/mol. The molecule has 2 aromatic carbocycles. The first-order chi connectivity index (χ1) is 8.70. The fourth-order valence-electron chi connectivity index (χ4n) is 1.60. The lowest BCUT2D eigenvalue weighted by atomic mass is 10.2. The van der Waals surface area contributed by atoms with Crippen molar-refractivity contribution < 1.29 is 13.8 Å². The third-order valence-corrected chi connectivity index (χ3v) is 2.50. The highest BCUT2D eigenvalue weighted by Crippen LogP contribution is 2.13. The third-order valence-electron chi connectivity index (χ3n) is 2.50. The fourth-order valence-corrected chi connectivity index (χ4v) is 1.60. The Kier molecular flexibility index (Phi) is 3.67. The lowest BCUT2D eigenvalue weighted by Gasteiger charge is -2.03. The summed E-state index contributed by atoms with van der Waals surface area (Å²) >= 11 is 0. The molecule has 18 heavy (non-hydrogen) atoms. The Balaban J connectivity index is 2.24. The van der Waals surface area contributed by atoms with Crippen LogP contribution in [-0.2, 0) is 0 Å². The molecule has 0 aliphatic carbocycles. The van der Waals surface area contributed by atoms with Crippen LogP contribution in [0.2, 0.25) is 0 Å². The molecule has 0 amide bonds. The van der Waals surface area contributed by atoms with Crippen LogP contribution in [0, 0.1) is 11.6 Å². The van der Waals surface area contributed by atoms with E-state index in [-0.39, 0.29) is 0 Å². The molecule has 4 heteroatoms. The molecule has 0 unspecified atom stereocenters. The van der Waals surface area contributed by atoms with Crippen LogP contribution in [0.3, 0.4) is 0 Å². The summed E-state index contributed by atoms with van der Waals surface area (Å²) in [5.74, 6) is -1.00. The Morgan fingerprint density at radius 1 is 1.00 bits per heavy atom. The van der Waals surface area contributed by atoms with Crippen LogP contribution in [-0.4, -0.2) is 12.9 Å². The van der Waals surface area contributed by atoms with Crippen molar-refractivity contribution in [3.05, 3.63) is 65.7 Å². The van der Waals surface area contributed by atoms with E-state index in [1.54, 1.807) is 7.05 Å². The topological polar surface area (TPSA) is 26.0 Å². The van der Waals surface area contributed by atoms with Gasteiger partial charge < -0.3 is 0 Å². The Hall–Kier alpha value is -2.23. The van der Waals surface area contributed by atoms with E-state index in [2.05, 4.69) is 10.3 Å². The van der Waals surface area contributed by atoms with Crippen molar-refractivity contribution >= 4 is 11.5 Å². The second-order valence-corrected chi connectivity index (χ2v) is 3.74. The number of amidine groups is 1. The summed E-state index contributed by atoms with van der Waals surface area (Å²) in [6.45, 7) is 0. The fraction of sp³-hybridized carbons (Fsp3) is 0.0714. The second-order valence-electron chi connectivity index (χ2n) is 3.74. The van der Waals surface area contributed by atoms with Gasteiger partial charge in [-0.05, 0) is 24.3 Å². The molecular formula is C14H13F2N2+. The third kappa shape index (κ3) is 2.71. The van der Waals surface area contributed by atoms with E-state index in [4.69, 9.17) is 0 Å². The normalized spacial score (nSPS) is 11.4. The van der Waals surface area contributed by atoms with Gasteiger partial charge in [-0.25, -0.2) is 14.1 Å². The van der Waals surface area contributed by atoms with Crippen molar-refractivity contribution in [3.63, 3.8) is 0 Å². The van der Waals surface area contributed by atoms with Gasteiger partial charge >= 0.3 is 0 Å². The van der Waals surface area contributed by atoms with Crippen LogP contribution in [0.4, 0.5) is 14.5 Å². The second kappa shape index (κ2) is 5.40. The van der Waals surface area contributed by atoms with Crippen LogP contribution < -0.4 is 10.3 Å². The van der Waals surface area contributed by atoms with Crippen molar-refractivity contribution in [1.29, 1.82) is 0 Å². The maximum absolute atomic E-state index is 13.1. The minimum absolute atomic E-state index is 0.488. The SMILES string of the molecule is C[NH+]=C(Nc1ccc(F)c(F)c1)c1ccccc1. The molecule has 0 atom stereocenters. The first kappa shape index (κ1) is 12.2. The van der Waals surface area contributed by atoms with Gasteiger partial charge in [0.1, 0.15) is 5.69 Å². The van der Waals surface area contributed by atoms with Gasteiger partial charge in [0.15, 0.2) is 11.6 Å². The first-order valence-corrected chi connectivity index (χ1v) is 5.53. The predicted octanol–water partition coefficient (Wildman–Crippen LogP) is 1.53. The predicted molar refractivity (Wildman–Crippen MR) is 67.4 cm³/mol. The van der Waals surface area contributed by atoms with Crippen molar-refractivity contribution in [3.8, 4) is 0 Å². The van der Waals surface area contributed by atoms with E-state index >= 15 is 0 Å². The minimum Gasteiger partial charge on any atom is -0.277 e. The summed E-state index contributed by atoms with van der Waals surface area (Å²) in [5.41, 5.74) is 1.42. The largest absolute Gasteiger partial charge is 0.279 e. The zero-order chi connectivity index (χ0) is 13.0. The van der Waals surface area contributed by atoms with E-state index in [1.807, 2.05) is 30.3 Å². The number of hydrogen-bond donors (Lipinski definition) is 2. The average Bonchev–Trinajstić information content (AvgIpc) is 2.41. The van der Waals surface area contributed by atoms with Crippen molar-refractivity contribution in [1.82, 2.24) is 0 Å². The molecule has 0 aliphatic rings. The Labute approximate surface area is 104 Å². The highest BCUT2D eigenvalue weighted by Gasteiger charge is 2.11. The van der Waals surface area contributed by atoms with Crippen molar-refractivity contribution in [2.24, 2.45) is 0 Å². The van der Waals surface area contributed by atoms with Gasteiger partial charge in [-0.2, -0.15) is 0 Å². The van der Waals surface area contributed by atoms with E-state index in [0.29, 0.717) is 5.69 Å². The molecule has 0 heterocycles. The van der Waals surface area contributed by atoms with Crippen molar-refractivity contribution in [2.45, 2.75) is 0 Å². The highest BCUT2D eigenvalue weighted by molar-refractivity contribution is 6.04. The molecule has 2 N–H and O–H groups in total. The van der Waals surface area contributed by atoms with Gasteiger partial charge in [0, 0.05) is 6.07 Å². The Morgan fingerprint density at radius 2 is 1.72 bits per heavy atom. The lowest BCUT2D eigenvalue weighted by Crippen LogP contribution is -2.70.